The first-order valence-corrected chi connectivity index (χ1v) is 11.4. The maximum Gasteiger partial charge on any atom is 0.196 e. The Morgan fingerprint density at radius 2 is 1.26 bits per heavy atom. The maximum absolute atomic E-state index is 13.4. The molecule has 2 aromatic carbocycles. The Hall–Kier alpha value is -1.87. The van der Waals surface area contributed by atoms with E-state index < -0.39 is 12.2 Å². The van der Waals surface area contributed by atoms with Gasteiger partial charge in [-0.15, -0.1) is 36.4 Å². The van der Waals surface area contributed by atoms with Gasteiger partial charge in [-0.3, -0.25) is 9.59 Å². The van der Waals surface area contributed by atoms with Crippen LogP contribution in [0, 0.1) is 0 Å². The van der Waals surface area contributed by atoms with Crippen molar-refractivity contribution in [2.45, 2.75) is 26.1 Å². The van der Waals surface area contributed by atoms with E-state index in [-0.39, 0.29) is 66.5 Å². The molecule has 0 saturated heterocycles. The number of fused-ring (bicyclic) bond motifs is 2. The fraction of sp³-hybridized carbons (Fsp3) is 0.417. The number of ketones is 2. The van der Waals surface area contributed by atoms with Crippen molar-refractivity contribution in [3.8, 4) is 0 Å². The molecule has 0 aliphatic heterocycles. The molecule has 0 spiro atoms. The number of nitrogens with zero attached hydrogens (tertiary/aromatic N) is 1. The molecule has 0 radical (unpaired) electrons. The second-order valence-corrected chi connectivity index (χ2v) is 8.13. The number of aliphatic hydroxyl groups is 2. The summed E-state index contributed by atoms with van der Waals surface area (Å²) in [4.78, 5) is 28.8. The van der Waals surface area contributed by atoms with Crippen molar-refractivity contribution in [3.63, 3.8) is 0 Å². The molecule has 3 rings (SSSR count). The first-order valence-electron chi connectivity index (χ1n) is 10.9. The molecule has 0 fully saturated rings. The zero-order chi connectivity index (χ0) is 23.3. The number of halogens is 3. The van der Waals surface area contributed by atoms with Crippen LogP contribution < -0.4 is 10.6 Å². The zero-order valence-corrected chi connectivity index (χ0v) is 21.6. The molecule has 2 unspecified atom stereocenters. The Labute approximate surface area is 217 Å². The summed E-state index contributed by atoms with van der Waals surface area (Å²) in [6.07, 6.45) is -1.43. The standard InChI is InChI=1S/C24H30ClN3O4.2ClH/c1-3-28(4-2)14-16(30)13-27-20-10-9-19(26-12-15(29)11-25)21-22(20)24(32)18-8-6-5-7-17(18)23(21)31;;/h5-10,15-16,26-27,29-30H,3-4,11-14H2,1-2H3;2*1H. The van der Waals surface area contributed by atoms with Crippen LogP contribution in [0.25, 0.3) is 0 Å². The summed E-state index contributed by atoms with van der Waals surface area (Å²) in [5.74, 6) is -0.461. The van der Waals surface area contributed by atoms with Gasteiger partial charge in [0.05, 0.1) is 29.2 Å². The number of anilines is 2. The number of hydrogen-bond acceptors (Lipinski definition) is 7. The SMILES string of the molecule is CCN(CC)CC(O)CNc1ccc(NCC(O)CCl)c2c1C(=O)c1ccccc1C2=O.Cl.Cl. The number of rotatable bonds is 11. The van der Waals surface area contributed by atoms with Crippen LogP contribution in [-0.4, -0.2) is 77.5 Å². The van der Waals surface area contributed by atoms with Crippen LogP contribution in [-0.2, 0) is 0 Å². The number of carbonyl (C=O) groups excluding carboxylic acids is 2. The van der Waals surface area contributed by atoms with E-state index >= 15 is 0 Å². The molecule has 0 amide bonds. The van der Waals surface area contributed by atoms with Gasteiger partial charge in [0.2, 0.25) is 0 Å². The highest BCUT2D eigenvalue weighted by molar-refractivity contribution is 6.31. The Bertz CT molecular complexity index is 986. The Morgan fingerprint density at radius 1 is 0.824 bits per heavy atom. The summed E-state index contributed by atoms with van der Waals surface area (Å²) in [5.41, 5.74) is 2.20. The highest BCUT2D eigenvalue weighted by atomic mass is 35.5. The highest BCUT2D eigenvalue weighted by Crippen LogP contribution is 2.36. The van der Waals surface area contributed by atoms with E-state index in [0.29, 0.717) is 29.0 Å². The van der Waals surface area contributed by atoms with Gasteiger partial charge in [-0.05, 0) is 25.2 Å². The van der Waals surface area contributed by atoms with Crippen molar-refractivity contribution in [1.29, 1.82) is 0 Å². The topological polar surface area (TPSA) is 102 Å². The summed E-state index contributed by atoms with van der Waals surface area (Å²) in [7, 11) is 0. The average molecular weight is 533 g/mol. The minimum atomic E-state index is -0.790. The van der Waals surface area contributed by atoms with Crippen molar-refractivity contribution in [2.24, 2.45) is 0 Å². The Balaban J connectivity index is 0.00000289. The van der Waals surface area contributed by atoms with Gasteiger partial charge in [0.1, 0.15) is 0 Å². The number of likely N-dealkylation sites (N-methyl/N-ethyl adjacent to an activating group) is 1. The number of alkyl halides is 1. The van der Waals surface area contributed by atoms with Crippen LogP contribution in [0.5, 0.6) is 0 Å². The summed E-state index contributed by atoms with van der Waals surface area (Å²) in [5, 5.41) is 26.5. The van der Waals surface area contributed by atoms with Crippen molar-refractivity contribution >= 4 is 59.4 Å². The van der Waals surface area contributed by atoms with E-state index in [1.807, 2.05) is 13.8 Å². The van der Waals surface area contributed by atoms with Gasteiger partial charge >= 0.3 is 0 Å². The summed E-state index contributed by atoms with van der Waals surface area (Å²) >= 11 is 5.69. The average Bonchev–Trinajstić information content (AvgIpc) is 2.82. The molecule has 7 nitrogen and oxygen atoms in total. The Morgan fingerprint density at radius 3 is 1.68 bits per heavy atom. The zero-order valence-electron chi connectivity index (χ0n) is 19.2. The lowest BCUT2D eigenvalue weighted by atomic mass is 9.82. The van der Waals surface area contributed by atoms with Gasteiger partial charge < -0.3 is 25.7 Å². The molecule has 2 aromatic rings. The first-order chi connectivity index (χ1) is 15.4. The monoisotopic (exact) mass is 531 g/mol. The molecule has 1 aliphatic rings. The lowest BCUT2D eigenvalue weighted by Crippen LogP contribution is -2.36. The van der Waals surface area contributed by atoms with E-state index in [2.05, 4.69) is 15.5 Å². The minimum absolute atomic E-state index is 0. The van der Waals surface area contributed by atoms with Gasteiger partial charge in [0, 0.05) is 42.1 Å². The number of nitrogens with one attached hydrogen (secondary N) is 2. The molecule has 0 heterocycles. The highest BCUT2D eigenvalue weighted by Gasteiger charge is 2.34. The first kappa shape index (κ1) is 30.2. The fourth-order valence-electron chi connectivity index (χ4n) is 3.87. The van der Waals surface area contributed by atoms with Gasteiger partial charge in [0.15, 0.2) is 11.6 Å². The molecule has 188 valence electrons. The van der Waals surface area contributed by atoms with Gasteiger partial charge in [0.25, 0.3) is 0 Å². The summed E-state index contributed by atoms with van der Waals surface area (Å²) < 4.78 is 0. The summed E-state index contributed by atoms with van der Waals surface area (Å²) in [6, 6.07) is 10.2. The molecule has 34 heavy (non-hydrogen) atoms. The minimum Gasteiger partial charge on any atom is -0.390 e. The predicted octanol–water partition coefficient (Wildman–Crippen LogP) is 3.43. The van der Waals surface area contributed by atoms with Crippen LogP contribution >= 0.6 is 36.4 Å². The third kappa shape index (κ3) is 6.62. The van der Waals surface area contributed by atoms with Gasteiger partial charge in [-0.25, -0.2) is 0 Å². The molecule has 4 N–H and O–H groups in total. The second-order valence-electron chi connectivity index (χ2n) is 7.82. The van der Waals surface area contributed by atoms with E-state index in [1.165, 1.54) is 0 Å². The lowest BCUT2D eigenvalue weighted by molar-refractivity contribution is 0.0980. The van der Waals surface area contributed by atoms with E-state index in [1.54, 1.807) is 36.4 Å². The van der Waals surface area contributed by atoms with Crippen LogP contribution in [0.1, 0.15) is 45.7 Å². The number of benzene rings is 2. The largest absolute Gasteiger partial charge is 0.390 e. The molecular weight excluding hydrogens is 501 g/mol. The van der Waals surface area contributed by atoms with Crippen molar-refractivity contribution in [3.05, 3.63) is 58.7 Å². The fourth-order valence-corrected chi connectivity index (χ4v) is 3.98. The molecule has 2 atom stereocenters. The molecule has 1 aliphatic carbocycles. The van der Waals surface area contributed by atoms with E-state index in [9.17, 15) is 19.8 Å². The normalized spacial score (nSPS) is 13.8. The molecule has 0 aromatic heterocycles. The van der Waals surface area contributed by atoms with Crippen molar-refractivity contribution in [2.75, 3.05) is 49.2 Å². The van der Waals surface area contributed by atoms with Crippen LogP contribution in [0.15, 0.2) is 36.4 Å². The number of hydrogen-bond donors (Lipinski definition) is 4. The van der Waals surface area contributed by atoms with Crippen molar-refractivity contribution in [1.82, 2.24) is 4.90 Å². The molecule has 0 bridgehead atoms. The van der Waals surface area contributed by atoms with Crippen molar-refractivity contribution < 1.29 is 19.8 Å². The predicted molar refractivity (Wildman–Crippen MR) is 142 cm³/mol. The second kappa shape index (κ2) is 13.9. The molecule has 0 saturated carbocycles. The van der Waals surface area contributed by atoms with Gasteiger partial charge in [-0.2, -0.15) is 0 Å². The van der Waals surface area contributed by atoms with Crippen LogP contribution in [0.4, 0.5) is 11.4 Å². The van der Waals surface area contributed by atoms with Crippen LogP contribution in [0.2, 0.25) is 0 Å². The quantitative estimate of drug-likeness (QED) is 0.281. The maximum atomic E-state index is 13.4. The van der Waals surface area contributed by atoms with E-state index in [4.69, 9.17) is 11.6 Å². The number of carbonyl (C=O) groups is 2. The lowest BCUT2D eigenvalue weighted by Gasteiger charge is -2.26. The third-order valence-electron chi connectivity index (χ3n) is 5.67. The summed E-state index contributed by atoms with van der Waals surface area (Å²) in [6.45, 7) is 6.64. The number of aliphatic hydroxyl groups excluding tert-OH is 2. The molecular formula is C24H32Cl3N3O4. The van der Waals surface area contributed by atoms with E-state index in [0.717, 1.165) is 13.1 Å². The van der Waals surface area contributed by atoms with Gasteiger partial charge in [-0.1, -0.05) is 38.1 Å². The Kier molecular flexibility index (Phi) is 12.3. The molecule has 10 heteroatoms. The third-order valence-corrected chi connectivity index (χ3v) is 6.03. The van der Waals surface area contributed by atoms with Crippen LogP contribution in [0.3, 0.4) is 0 Å². The smallest absolute Gasteiger partial charge is 0.196 e.